The first-order chi connectivity index (χ1) is 6.99. The zero-order valence-corrected chi connectivity index (χ0v) is 12.6. The SMILES string of the molecule is CC[CH2][Sn+]([CH2]CC)[CH2]CCCC(F)(F)F. The number of rotatable bonds is 8. The van der Waals surface area contributed by atoms with Gasteiger partial charge in [0.15, 0.2) is 0 Å². The molecule has 0 N–H and O–H groups in total. The summed E-state index contributed by atoms with van der Waals surface area (Å²) in [6.45, 7) is 4.37. The zero-order chi connectivity index (χ0) is 11.7. The van der Waals surface area contributed by atoms with Gasteiger partial charge in [0.25, 0.3) is 0 Å². The Morgan fingerprint density at radius 2 is 1.40 bits per heavy atom. The summed E-state index contributed by atoms with van der Waals surface area (Å²) < 4.78 is 39.6. The molecular formula is C11H22F3Sn+. The molecule has 0 unspecified atom stereocenters. The van der Waals surface area contributed by atoms with Gasteiger partial charge in [-0.3, -0.25) is 0 Å². The van der Waals surface area contributed by atoms with Crippen molar-refractivity contribution in [2.24, 2.45) is 0 Å². The third-order valence-corrected chi connectivity index (χ3v) is 12.4. The van der Waals surface area contributed by atoms with E-state index in [9.17, 15) is 13.2 Å². The molecule has 0 bridgehead atoms. The second-order valence-electron chi connectivity index (χ2n) is 4.07. The van der Waals surface area contributed by atoms with Crippen molar-refractivity contribution in [1.82, 2.24) is 0 Å². The van der Waals surface area contributed by atoms with Crippen molar-refractivity contribution >= 4 is 19.8 Å². The van der Waals surface area contributed by atoms with E-state index in [1.807, 2.05) is 0 Å². The second-order valence-corrected chi connectivity index (χ2v) is 12.6. The molecule has 0 fully saturated rings. The summed E-state index contributed by atoms with van der Waals surface area (Å²) in [6.07, 6.45) is -0.905. The number of hydrogen-bond donors (Lipinski definition) is 0. The molecule has 0 aliphatic heterocycles. The van der Waals surface area contributed by atoms with Crippen LogP contribution in [0.1, 0.15) is 46.0 Å². The Kier molecular flexibility index (Phi) is 9.05. The fourth-order valence-electron chi connectivity index (χ4n) is 1.78. The summed E-state index contributed by atoms with van der Waals surface area (Å²) in [6, 6.07) is 0. The molecule has 0 spiro atoms. The minimum atomic E-state index is -3.95. The van der Waals surface area contributed by atoms with Crippen molar-refractivity contribution < 1.29 is 13.2 Å². The third kappa shape index (κ3) is 10.9. The van der Waals surface area contributed by atoms with Gasteiger partial charge in [-0.1, -0.05) is 0 Å². The van der Waals surface area contributed by atoms with E-state index in [1.54, 1.807) is 0 Å². The minimum absolute atomic E-state index is 0.348. The normalized spacial score (nSPS) is 11.8. The molecule has 4 heteroatoms. The van der Waals surface area contributed by atoms with E-state index in [0.29, 0.717) is 6.42 Å². The monoisotopic (exact) mass is 331 g/mol. The van der Waals surface area contributed by atoms with Gasteiger partial charge in [0.05, 0.1) is 0 Å². The molecule has 15 heavy (non-hydrogen) atoms. The first-order valence-corrected chi connectivity index (χ1v) is 11.9. The van der Waals surface area contributed by atoms with E-state index >= 15 is 0 Å². The van der Waals surface area contributed by atoms with Gasteiger partial charge >= 0.3 is 98.4 Å². The Morgan fingerprint density at radius 3 is 1.80 bits per heavy atom. The average molecular weight is 330 g/mol. The fourth-order valence-corrected chi connectivity index (χ4v) is 10.1. The van der Waals surface area contributed by atoms with Crippen LogP contribution >= 0.6 is 0 Å². The molecule has 0 amide bonds. The average Bonchev–Trinajstić information content (AvgIpc) is 2.11. The third-order valence-electron chi connectivity index (χ3n) is 2.45. The van der Waals surface area contributed by atoms with Crippen LogP contribution < -0.4 is 0 Å². The van der Waals surface area contributed by atoms with Crippen LogP contribution in [0.2, 0.25) is 13.3 Å². The molecule has 0 atom stereocenters. The van der Waals surface area contributed by atoms with Crippen molar-refractivity contribution in [3.05, 3.63) is 0 Å². The van der Waals surface area contributed by atoms with Crippen molar-refractivity contribution in [3.63, 3.8) is 0 Å². The van der Waals surface area contributed by atoms with Crippen molar-refractivity contribution in [3.8, 4) is 0 Å². The molecule has 0 aromatic heterocycles. The van der Waals surface area contributed by atoms with Crippen molar-refractivity contribution in [1.29, 1.82) is 0 Å². The molecule has 0 aliphatic carbocycles. The van der Waals surface area contributed by atoms with E-state index in [4.69, 9.17) is 0 Å². The summed E-state index contributed by atoms with van der Waals surface area (Å²) in [5, 5.41) is 0. The summed E-state index contributed by atoms with van der Waals surface area (Å²) in [4.78, 5) is 0. The predicted octanol–water partition coefficient (Wildman–Crippen LogP) is 5.03. The molecular weight excluding hydrogens is 308 g/mol. The van der Waals surface area contributed by atoms with Crippen LogP contribution in [-0.2, 0) is 0 Å². The van der Waals surface area contributed by atoms with E-state index in [1.165, 1.54) is 26.2 Å². The van der Waals surface area contributed by atoms with Gasteiger partial charge in [0.1, 0.15) is 0 Å². The van der Waals surface area contributed by atoms with E-state index in [2.05, 4.69) is 13.8 Å². The Labute approximate surface area is 98.4 Å². The Morgan fingerprint density at radius 1 is 0.867 bits per heavy atom. The van der Waals surface area contributed by atoms with Gasteiger partial charge < -0.3 is 0 Å². The summed E-state index contributed by atoms with van der Waals surface area (Å²) in [5.74, 6) is 0. The Hall–Kier alpha value is 0.589. The number of halogens is 3. The molecule has 0 rings (SSSR count). The molecule has 0 saturated heterocycles. The van der Waals surface area contributed by atoms with Crippen LogP contribution in [0.3, 0.4) is 0 Å². The molecule has 0 aromatic carbocycles. The summed E-state index contributed by atoms with van der Waals surface area (Å²) >= 11 is -1.24. The van der Waals surface area contributed by atoms with Crippen LogP contribution in [0.5, 0.6) is 0 Å². The van der Waals surface area contributed by atoms with Gasteiger partial charge in [-0.15, -0.1) is 0 Å². The molecule has 0 saturated carbocycles. The maximum atomic E-state index is 11.9. The van der Waals surface area contributed by atoms with Crippen LogP contribution in [-0.4, -0.2) is 25.9 Å². The van der Waals surface area contributed by atoms with Crippen LogP contribution in [0.15, 0.2) is 0 Å². The van der Waals surface area contributed by atoms with Gasteiger partial charge in [0, 0.05) is 0 Å². The standard InChI is InChI=1S/C5H8F3.2C3H7.Sn/c1-2-3-4-5(6,7)8;2*1-3-2;/h1-4H2;2*1,3H2,2H3;/q;;;+1. The van der Waals surface area contributed by atoms with Crippen molar-refractivity contribution in [2.75, 3.05) is 0 Å². The van der Waals surface area contributed by atoms with Crippen molar-refractivity contribution in [2.45, 2.75) is 65.4 Å². The number of alkyl halides is 3. The van der Waals surface area contributed by atoms with Crippen LogP contribution in [0.4, 0.5) is 13.2 Å². The van der Waals surface area contributed by atoms with E-state index < -0.39 is 32.4 Å². The van der Waals surface area contributed by atoms with E-state index in [0.717, 1.165) is 6.42 Å². The predicted molar refractivity (Wildman–Crippen MR) is 60.7 cm³/mol. The van der Waals surface area contributed by atoms with Gasteiger partial charge in [-0.2, -0.15) is 0 Å². The topological polar surface area (TPSA) is 0 Å². The van der Waals surface area contributed by atoms with E-state index in [-0.39, 0.29) is 0 Å². The molecule has 0 aliphatic rings. The molecule has 90 valence electrons. The van der Waals surface area contributed by atoms with Crippen LogP contribution in [0.25, 0.3) is 0 Å². The maximum absolute atomic E-state index is 11.9. The quantitative estimate of drug-likeness (QED) is 0.432. The number of unbranched alkanes of at least 4 members (excludes halogenated alkanes) is 1. The molecule has 0 aromatic rings. The van der Waals surface area contributed by atoms with Gasteiger partial charge in [-0.25, -0.2) is 0 Å². The van der Waals surface area contributed by atoms with Crippen LogP contribution in [0, 0.1) is 0 Å². The fraction of sp³-hybridized carbons (Fsp3) is 1.00. The molecule has 0 nitrogen and oxygen atoms in total. The zero-order valence-electron chi connectivity index (χ0n) is 9.79. The molecule has 0 heterocycles. The summed E-state index contributed by atoms with van der Waals surface area (Å²) in [7, 11) is 0. The van der Waals surface area contributed by atoms with Gasteiger partial charge in [-0.05, 0) is 0 Å². The second kappa shape index (κ2) is 8.71. The first-order valence-electron chi connectivity index (χ1n) is 5.90. The Balaban J connectivity index is 3.52. The summed E-state index contributed by atoms with van der Waals surface area (Å²) in [5.41, 5.74) is 0. The Bertz CT molecular complexity index is 139. The first kappa shape index (κ1) is 15.6. The number of hydrogen-bond acceptors (Lipinski definition) is 0. The molecule has 0 radical (unpaired) electrons. The van der Waals surface area contributed by atoms with Gasteiger partial charge in [0.2, 0.25) is 0 Å².